The van der Waals surface area contributed by atoms with Crippen LogP contribution in [-0.4, -0.2) is 57.3 Å². The van der Waals surface area contributed by atoms with Gasteiger partial charge in [0.05, 0.1) is 13.1 Å². The van der Waals surface area contributed by atoms with Crippen LogP contribution in [0.3, 0.4) is 0 Å². The third-order valence-electron chi connectivity index (χ3n) is 2.67. The summed E-state index contributed by atoms with van der Waals surface area (Å²) in [6.45, 7) is -1.29. The molecule has 0 aliphatic carbocycles. The fourth-order valence-electron chi connectivity index (χ4n) is 1.83. The summed E-state index contributed by atoms with van der Waals surface area (Å²) in [7, 11) is 0. The van der Waals surface area contributed by atoms with Gasteiger partial charge in [-0.3, -0.25) is 19.3 Å². The molecular formula is C13H15NO6. The first-order valence-corrected chi connectivity index (χ1v) is 5.84. The Morgan fingerprint density at radius 1 is 0.950 bits per heavy atom. The molecular weight excluding hydrogens is 266 g/mol. The molecule has 0 saturated heterocycles. The largest absolute Gasteiger partial charge is 0.480 e. The van der Waals surface area contributed by atoms with Gasteiger partial charge in [0, 0.05) is 0 Å². The highest BCUT2D eigenvalue weighted by molar-refractivity contribution is 5.78. The molecule has 0 unspecified atom stereocenters. The monoisotopic (exact) mass is 281 g/mol. The second kappa shape index (κ2) is 7.25. The predicted octanol–water partition coefficient (Wildman–Crippen LogP) is 0.153. The summed E-state index contributed by atoms with van der Waals surface area (Å²) < 4.78 is 0. The molecule has 0 radical (unpaired) electrons. The van der Waals surface area contributed by atoms with Crippen LogP contribution in [0.2, 0.25) is 0 Å². The molecule has 0 heterocycles. The molecule has 0 spiro atoms. The molecule has 7 nitrogen and oxygen atoms in total. The lowest BCUT2D eigenvalue weighted by Crippen LogP contribution is -2.47. The first-order valence-electron chi connectivity index (χ1n) is 5.84. The zero-order chi connectivity index (χ0) is 15.1. The highest BCUT2D eigenvalue weighted by Gasteiger charge is 2.29. The van der Waals surface area contributed by atoms with Crippen LogP contribution < -0.4 is 0 Å². The highest BCUT2D eigenvalue weighted by atomic mass is 16.4. The Hall–Kier alpha value is -2.41. The molecule has 0 fully saturated rings. The van der Waals surface area contributed by atoms with E-state index in [0.29, 0.717) is 5.56 Å². The van der Waals surface area contributed by atoms with E-state index in [-0.39, 0.29) is 6.42 Å². The minimum absolute atomic E-state index is 0.0384. The molecule has 108 valence electrons. The van der Waals surface area contributed by atoms with Crippen molar-refractivity contribution in [2.75, 3.05) is 13.1 Å². The predicted molar refractivity (Wildman–Crippen MR) is 68.4 cm³/mol. The van der Waals surface area contributed by atoms with Crippen LogP contribution in [0.25, 0.3) is 0 Å². The molecule has 3 N–H and O–H groups in total. The van der Waals surface area contributed by atoms with Crippen molar-refractivity contribution in [2.24, 2.45) is 0 Å². The van der Waals surface area contributed by atoms with Crippen LogP contribution >= 0.6 is 0 Å². The van der Waals surface area contributed by atoms with Gasteiger partial charge in [-0.2, -0.15) is 0 Å². The summed E-state index contributed by atoms with van der Waals surface area (Å²) in [4.78, 5) is 33.7. The van der Waals surface area contributed by atoms with Crippen LogP contribution in [0.1, 0.15) is 5.56 Å². The smallest absolute Gasteiger partial charge is 0.321 e. The molecule has 1 aromatic rings. The lowest BCUT2D eigenvalue weighted by atomic mass is 10.0. The minimum atomic E-state index is -1.27. The van der Waals surface area contributed by atoms with E-state index in [1.165, 1.54) is 0 Å². The van der Waals surface area contributed by atoms with Crippen molar-refractivity contribution >= 4 is 17.9 Å². The van der Waals surface area contributed by atoms with Crippen LogP contribution in [0.15, 0.2) is 30.3 Å². The van der Waals surface area contributed by atoms with E-state index in [1.54, 1.807) is 30.3 Å². The van der Waals surface area contributed by atoms with Crippen LogP contribution in [0.4, 0.5) is 0 Å². The summed E-state index contributed by atoms with van der Waals surface area (Å²) in [6.07, 6.45) is 0.0384. The number of hydrogen-bond acceptors (Lipinski definition) is 4. The number of carbonyl (C=O) groups is 3. The zero-order valence-electron chi connectivity index (χ0n) is 10.6. The number of rotatable bonds is 8. The number of benzene rings is 1. The maximum atomic E-state index is 11.3. The fourth-order valence-corrected chi connectivity index (χ4v) is 1.83. The van der Waals surface area contributed by atoms with Crippen molar-refractivity contribution in [3.05, 3.63) is 35.9 Å². The Kier molecular flexibility index (Phi) is 5.67. The molecule has 7 heteroatoms. The molecule has 0 saturated carbocycles. The number of carboxylic acid groups (broad SMARTS) is 3. The molecule has 1 aromatic carbocycles. The highest BCUT2D eigenvalue weighted by Crippen LogP contribution is 2.09. The quantitative estimate of drug-likeness (QED) is 0.621. The van der Waals surface area contributed by atoms with E-state index >= 15 is 0 Å². The lowest BCUT2D eigenvalue weighted by molar-refractivity contribution is -0.149. The van der Waals surface area contributed by atoms with Gasteiger partial charge in [0.25, 0.3) is 0 Å². The van der Waals surface area contributed by atoms with Crippen LogP contribution in [0, 0.1) is 0 Å². The molecule has 1 atom stereocenters. The second-order valence-electron chi connectivity index (χ2n) is 4.24. The number of nitrogens with zero attached hydrogens (tertiary/aromatic N) is 1. The van der Waals surface area contributed by atoms with E-state index in [1.807, 2.05) is 0 Å². The molecule has 1 rings (SSSR count). The summed E-state index contributed by atoms with van der Waals surface area (Å²) in [5.41, 5.74) is 0.695. The van der Waals surface area contributed by atoms with E-state index in [4.69, 9.17) is 10.2 Å². The van der Waals surface area contributed by atoms with Gasteiger partial charge in [-0.15, -0.1) is 0 Å². The number of hydrogen-bond donors (Lipinski definition) is 3. The zero-order valence-corrected chi connectivity index (χ0v) is 10.6. The Bertz CT molecular complexity index is 471. The first-order chi connectivity index (χ1) is 9.40. The van der Waals surface area contributed by atoms with Crippen molar-refractivity contribution < 1.29 is 29.7 Å². The van der Waals surface area contributed by atoms with Gasteiger partial charge in [-0.25, -0.2) is 0 Å². The van der Waals surface area contributed by atoms with E-state index in [9.17, 15) is 19.5 Å². The van der Waals surface area contributed by atoms with Gasteiger partial charge < -0.3 is 15.3 Å². The van der Waals surface area contributed by atoms with Gasteiger partial charge in [-0.1, -0.05) is 30.3 Å². The summed E-state index contributed by atoms with van der Waals surface area (Å²) in [5.74, 6) is -3.80. The third-order valence-corrected chi connectivity index (χ3v) is 2.67. The average molecular weight is 281 g/mol. The summed E-state index contributed by atoms with van der Waals surface area (Å²) in [5, 5.41) is 26.7. The SMILES string of the molecule is O=C(O)CN(CC(=O)O)[C@H](Cc1ccccc1)C(=O)O. The Morgan fingerprint density at radius 2 is 1.45 bits per heavy atom. The number of carboxylic acids is 3. The van der Waals surface area contributed by atoms with Crippen molar-refractivity contribution in [3.8, 4) is 0 Å². The van der Waals surface area contributed by atoms with Crippen LogP contribution in [-0.2, 0) is 20.8 Å². The molecule has 20 heavy (non-hydrogen) atoms. The van der Waals surface area contributed by atoms with E-state index in [2.05, 4.69) is 0 Å². The molecule has 0 aliphatic heterocycles. The summed E-state index contributed by atoms with van der Waals surface area (Å²) in [6, 6.07) is 7.43. The molecule has 0 aromatic heterocycles. The first kappa shape index (κ1) is 15.6. The van der Waals surface area contributed by atoms with Crippen molar-refractivity contribution in [1.29, 1.82) is 0 Å². The van der Waals surface area contributed by atoms with Crippen molar-refractivity contribution in [2.45, 2.75) is 12.5 Å². The average Bonchev–Trinajstić information content (AvgIpc) is 2.35. The molecule has 0 aliphatic rings. The topological polar surface area (TPSA) is 115 Å². The van der Waals surface area contributed by atoms with E-state index in [0.717, 1.165) is 4.90 Å². The fraction of sp³-hybridized carbons (Fsp3) is 0.308. The van der Waals surface area contributed by atoms with Gasteiger partial charge in [0.1, 0.15) is 6.04 Å². The third kappa shape index (κ3) is 5.07. The van der Waals surface area contributed by atoms with Gasteiger partial charge in [0.15, 0.2) is 0 Å². The van der Waals surface area contributed by atoms with Crippen LogP contribution in [0.5, 0.6) is 0 Å². The minimum Gasteiger partial charge on any atom is -0.480 e. The Morgan fingerprint density at radius 3 is 1.85 bits per heavy atom. The molecule has 0 amide bonds. The maximum absolute atomic E-state index is 11.3. The Balaban J connectivity index is 2.92. The Labute approximate surface area is 115 Å². The van der Waals surface area contributed by atoms with Gasteiger partial charge in [-0.05, 0) is 12.0 Å². The van der Waals surface area contributed by atoms with Gasteiger partial charge in [0.2, 0.25) is 0 Å². The molecule has 0 bridgehead atoms. The van der Waals surface area contributed by atoms with E-state index < -0.39 is 37.0 Å². The maximum Gasteiger partial charge on any atom is 0.321 e. The van der Waals surface area contributed by atoms with Crippen molar-refractivity contribution in [1.82, 2.24) is 4.90 Å². The standard InChI is InChI=1S/C13H15NO6/c15-11(16)7-14(8-12(17)18)10(13(19)20)6-9-4-2-1-3-5-9/h1-5,10H,6-8H2,(H,15,16)(H,17,18)(H,19,20)/t10-/m1/s1. The second-order valence-corrected chi connectivity index (χ2v) is 4.24. The lowest BCUT2D eigenvalue weighted by Gasteiger charge is -2.25. The van der Waals surface area contributed by atoms with Gasteiger partial charge >= 0.3 is 17.9 Å². The number of aliphatic carboxylic acids is 3. The normalized spacial score (nSPS) is 12.1. The summed E-state index contributed by atoms with van der Waals surface area (Å²) >= 11 is 0. The van der Waals surface area contributed by atoms with Crippen molar-refractivity contribution in [3.63, 3.8) is 0 Å².